The molecule has 0 aromatic heterocycles. The van der Waals surface area contributed by atoms with Crippen LogP contribution in [0, 0.1) is 28.6 Å². The van der Waals surface area contributed by atoms with E-state index < -0.39 is 39.0 Å². The van der Waals surface area contributed by atoms with E-state index in [1.165, 1.54) is 0 Å². The highest BCUT2D eigenvalue weighted by molar-refractivity contribution is 9.10. The second-order valence-electron chi connectivity index (χ2n) is 10.0. The molecule has 1 N–H and O–H groups in total. The van der Waals surface area contributed by atoms with Crippen LogP contribution in [0.4, 0.5) is 8.78 Å². The predicted molar refractivity (Wildman–Crippen MR) is 111 cm³/mol. The average molecular weight is 487 g/mol. The molecule has 7 heteroatoms. The molecule has 0 bridgehead atoms. The van der Waals surface area contributed by atoms with E-state index >= 15 is 4.39 Å². The van der Waals surface area contributed by atoms with Gasteiger partial charge in [0.25, 0.3) is 0 Å². The van der Waals surface area contributed by atoms with Gasteiger partial charge in [-0.2, -0.15) is 0 Å². The highest BCUT2D eigenvalue weighted by Gasteiger charge is 2.72. The Morgan fingerprint density at radius 1 is 1.33 bits per heavy atom. The van der Waals surface area contributed by atoms with E-state index in [0.29, 0.717) is 6.42 Å². The van der Waals surface area contributed by atoms with Crippen LogP contribution < -0.4 is 0 Å². The van der Waals surface area contributed by atoms with E-state index in [1.807, 2.05) is 13.8 Å². The molecule has 30 heavy (non-hydrogen) atoms. The SMILES string of the molecule is CCC(=O)O[C@@H]1[C@H](C)C[C@H]2[C@@H]3C[C@H](F)C4=C(F)C(=O)C=C[C@]4(C)[C@@]3(Br)[C@@H](O)C[C@]12C. The molecule has 4 aliphatic carbocycles. The lowest BCUT2D eigenvalue weighted by Crippen LogP contribution is -2.67. The van der Waals surface area contributed by atoms with Crippen LogP contribution in [0.15, 0.2) is 23.6 Å². The van der Waals surface area contributed by atoms with Gasteiger partial charge in [0.2, 0.25) is 5.78 Å². The number of allylic oxidation sites excluding steroid dienone is 4. The number of alkyl halides is 2. The number of hydrogen-bond acceptors (Lipinski definition) is 4. The third-order valence-electron chi connectivity index (χ3n) is 8.48. The molecule has 0 aromatic rings. The zero-order valence-electron chi connectivity index (χ0n) is 17.8. The Balaban J connectivity index is 1.81. The molecule has 0 unspecified atom stereocenters. The van der Waals surface area contributed by atoms with Crippen molar-refractivity contribution in [3.8, 4) is 0 Å². The largest absolute Gasteiger partial charge is 0.461 e. The van der Waals surface area contributed by atoms with E-state index in [1.54, 1.807) is 19.9 Å². The van der Waals surface area contributed by atoms with Gasteiger partial charge < -0.3 is 9.84 Å². The van der Waals surface area contributed by atoms with Crippen molar-refractivity contribution in [2.45, 2.75) is 76.1 Å². The van der Waals surface area contributed by atoms with Crippen LogP contribution in [0.1, 0.15) is 53.4 Å². The van der Waals surface area contributed by atoms with Crippen molar-refractivity contribution < 1.29 is 28.2 Å². The zero-order chi connectivity index (χ0) is 22.2. The molecule has 0 saturated heterocycles. The van der Waals surface area contributed by atoms with Crippen LogP contribution in [0.5, 0.6) is 0 Å². The Labute approximate surface area is 184 Å². The van der Waals surface area contributed by atoms with Crippen LogP contribution in [-0.2, 0) is 14.3 Å². The Kier molecular flexibility index (Phi) is 5.13. The molecule has 0 aromatic carbocycles. The first-order chi connectivity index (χ1) is 13.9. The standard InChI is InChI=1S/C23H29BrF2O4/c1-5-17(29)30-20-11(2)8-12-13-9-14(25)18-19(26)15(27)6-7-22(18,4)23(13,24)16(28)10-21(12,20)3/h6-7,11-14,16,20,28H,5,8-10H2,1-4H3/t11-,12+,13+,14+,16+,20-,21+,22+,23+/m1/s1. The van der Waals surface area contributed by atoms with Crippen LogP contribution in [0.25, 0.3) is 0 Å². The minimum atomic E-state index is -1.61. The molecule has 3 fully saturated rings. The molecular weight excluding hydrogens is 458 g/mol. The molecule has 0 amide bonds. The van der Waals surface area contributed by atoms with Gasteiger partial charge in [-0.25, -0.2) is 8.78 Å². The van der Waals surface area contributed by atoms with Crippen molar-refractivity contribution in [1.82, 2.24) is 0 Å². The van der Waals surface area contributed by atoms with E-state index in [-0.39, 0.29) is 48.2 Å². The van der Waals surface area contributed by atoms with Gasteiger partial charge in [0.1, 0.15) is 12.3 Å². The van der Waals surface area contributed by atoms with E-state index in [2.05, 4.69) is 15.9 Å². The molecule has 0 spiro atoms. The summed E-state index contributed by atoms with van der Waals surface area (Å²) in [7, 11) is 0. The molecule has 0 heterocycles. The number of fused-ring (bicyclic) bond motifs is 5. The van der Waals surface area contributed by atoms with Crippen molar-refractivity contribution in [3.05, 3.63) is 23.6 Å². The molecule has 4 aliphatic rings. The van der Waals surface area contributed by atoms with Crippen LogP contribution in [0.3, 0.4) is 0 Å². The quantitative estimate of drug-likeness (QED) is 0.457. The Bertz CT molecular complexity index is 856. The highest BCUT2D eigenvalue weighted by atomic mass is 79.9. The van der Waals surface area contributed by atoms with Crippen molar-refractivity contribution in [2.75, 3.05) is 0 Å². The summed E-state index contributed by atoms with van der Waals surface area (Å²) in [4.78, 5) is 24.0. The number of hydrogen-bond donors (Lipinski definition) is 1. The summed E-state index contributed by atoms with van der Waals surface area (Å²) < 4.78 is 35.0. The number of rotatable bonds is 2. The highest BCUT2D eigenvalue weighted by Crippen LogP contribution is 2.70. The summed E-state index contributed by atoms with van der Waals surface area (Å²) in [6, 6.07) is 0. The molecule has 4 nitrogen and oxygen atoms in total. The summed E-state index contributed by atoms with van der Waals surface area (Å²) in [5.41, 5.74) is -1.84. The molecule has 4 rings (SSSR count). The molecule has 0 aliphatic heterocycles. The minimum Gasteiger partial charge on any atom is -0.461 e. The van der Waals surface area contributed by atoms with Crippen molar-refractivity contribution >= 4 is 27.7 Å². The molecular formula is C23H29BrF2O4. The van der Waals surface area contributed by atoms with E-state index in [4.69, 9.17) is 4.74 Å². The fourth-order valence-corrected chi connectivity index (χ4v) is 8.11. The topological polar surface area (TPSA) is 63.6 Å². The number of ketones is 1. The van der Waals surface area contributed by atoms with E-state index in [9.17, 15) is 19.1 Å². The van der Waals surface area contributed by atoms with Gasteiger partial charge in [-0.15, -0.1) is 0 Å². The lowest BCUT2D eigenvalue weighted by Gasteiger charge is -2.63. The summed E-state index contributed by atoms with van der Waals surface area (Å²) in [6.07, 6.45) is 1.17. The first-order valence-electron chi connectivity index (χ1n) is 10.8. The predicted octanol–water partition coefficient (Wildman–Crippen LogP) is 4.60. The Hall–Kier alpha value is -1.08. The lowest BCUT2D eigenvalue weighted by molar-refractivity contribution is -0.167. The second-order valence-corrected chi connectivity index (χ2v) is 11.3. The van der Waals surface area contributed by atoms with Gasteiger partial charge in [-0.1, -0.05) is 49.7 Å². The van der Waals surface area contributed by atoms with Crippen molar-refractivity contribution in [1.29, 1.82) is 0 Å². The summed E-state index contributed by atoms with van der Waals surface area (Å²) in [6.45, 7) is 7.50. The summed E-state index contributed by atoms with van der Waals surface area (Å²) in [5.74, 6) is -2.40. The number of aliphatic hydroxyl groups excluding tert-OH is 1. The summed E-state index contributed by atoms with van der Waals surface area (Å²) >= 11 is 3.79. The maximum Gasteiger partial charge on any atom is 0.305 e. The number of carbonyl (C=O) groups is 2. The number of esters is 1. The maximum absolute atomic E-state index is 15.4. The lowest BCUT2D eigenvalue weighted by atomic mass is 9.47. The second kappa shape index (κ2) is 6.96. The van der Waals surface area contributed by atoms with Gasteiger partial charge >= 0.3 is 5.97 Å². The van der Waals surface area contributed by atoms with Gasteiger partial charge in [0, 0.05) is 22.8 Å². The van der Waals surface area contributed by atoms with E-state index in [0.717, 1.165) is 12.5 Å². The average Bonchev–Trinajstić information content (AvgIpc) is 2.92. The first-order valence-corrected chi connectivity index (χ1v) is 11.5. The van der Waals surface area contributed by atoms with Gasteiger partial charge in [0.15, 0.2) is 5.83 Å². The molecule has 0 radical (unpaired) electrons. The molecule has 3 saturated carbocycles. The Morgan fingerprint density at radius 2 is 2.00 bits per heavy atom. The number of carbonyl (C=O) groups excluding carboxylic acids is 2. The third kappa shape index (κ3) is 2.63. The first kappa shape index (κ1) is 22.1. The van der Waals surface area contributed by atoms with Gasteiger partial charge in [-0.05, 0) is 43.1 Å². The van der Waals surface area contributed by atoms with Crippen molar-refractivity contribution in [3.63, 3.8) is 0 Å². The molecule has 166 valence electrons. The molecule has 9 atom stereocenters. The Morgan fingerprint density at radius 3 is 2.63 bits per heavy atom. The van der Waals surface area contributed by atoms with Gasteiger partial charge in [0.05, 0.1) is 10.4 Å². The number of aliphatic hydroxyl groups is 1. The zero-order valence-corrected chi connectivity index (χ0v) is 19.3. The smallest absolute Gasteiger partial charge is 0.305 e. The minimum absolute atomic E-state index is 0.0171. The third-order valence-corrected chi connectivity index (χ3v) is 10.4. The number of halogens is 3. The van der Waals surface area contributed by atoms with Crippen LogP contribution in [0.2, 0.25) is 0 Å². The monoisotopic (exact) mass is 486 g/mol. The maximum atomic E-state index is 15.4. The van der Waals surface area contributed by atoms with Crippen LogP contribution >= 0.6 is 15.9 Å². The fraction of sp³-hybridized carbons (Fsp3) is 0.739. The van der Waals surface area contributed by atoms with Gasteiger partial charge in [-0.3, -0.25) is 9.59 Å². The van der Waals surface area contributed by atoms with Crippen molar-refractivity contribution in [2.24, 2.45) is 28.6 Å². The summed E-state index contributed by atoms with van der Waals surface area (Å²) in [5, 5.41) is 11.4. The van der Waals surface area contributed by atoms with Crippen LogP contribution in [-0.4, -0.2) is 39.6 Å². The normalized spacial score (nSPS) is 50.1. The fourth-order valence-electron chi connectivity index (χ4n) is 7.10. The number of ether oxygens (including phenoxy) is 1.